The Hall–Kier alpha value is -2.64. The van der Waals surface area contributed by atoms with Crippen LogP contribution in [0.4, 0.5) is 0 Å². The summed E-state index contributed by atoms with van der Waals surface area (Å²) in [6.07, 6.45) is 1.77. The molecule has 148 valence electrons. The molecule has 6 nitrogen and oxygen atoms in total. The molecule has 3 rings (SSSR count). The summed E-state index contributed by atoms with van der Waals surface area (Å²) in [5, 5.41) is 5.90. The standard InChI is InChI=1S/C21H26N4O2S/c1-14-12-18(15(2)25(14)21-22-10-11-28-21)20(26)23-13-19(24(3)4)16-6-8-17(27-5)9-7-16/h6-12,19H,13H2,1-5H3,(H,23,26). The number of hydrogen-bond acceptors (Lipinski definition) is 5. The second-order valence-corrected chi connectivity index (χ2v) is 7.77. The molecular formula is C21H26N4O2S. The molecule has 0 bridgehead atoms. The lowest BCUT2D eigenvalue weighted by molar-refractivity contribution is 0.0941. The van der Waals surface area contributed by atoms with E-state index in [-0.39, 0.29) is 11.9 Å². The van der Waals surface area contributed by atoms with Crippen molar-refractivity contribution >= 4 is 17.2 Å². The van der Waals surface area contributed by atoms with E-state index in [2.05, 4.69) is 15.2 Å². The second kappa shape index (κ2) is 8.58. The normalized spacial score (nSPS) is 12.2. The van der Waals surface area contributed by atoms with Crippen molar-refractivity contribution in [1.82, 2.24) is 19.8 Å². The van der Waals surface area contributed by atoms with Crippen LogP contribution in [0.25, 0.3) is 5.13 Å². The number of thiazole rings is 1. The van der Waals surface area contributed by atoms with E-state index in [1.165, 1.54) is 0 Å². The van der Waals surface area contributed by atoms with Gasteiger partial charge in [0, 0.05) is 29.5 Å². The quantitative estimate of drug-likeness (QED) is 0.661. The van der Waals surface area contributed by atoms with Gasteiger partial charge in [0.25, 0.3) is 5.91 Å². The number of methoxy groups -OCH3 is 1. The van der Waals surface area contributed by atoms with Crippen molar-refractivity contribution in [3.05, 3.63) is 64.4 Å². The van der Waals surface area contributed by atoms with Crippen molar-refractivity contribution in [3.63, 3.8) is 0 Å². The Morgan fingerprint density at radius 1 is 1.29 bits per heavy atom. The molecule has 2 heterocycles. The van der Waals surface area contributed by atoms with Crippen LogP contribution in [0, 0.1) is 13.8 Å². The number of nitrogens with one attached hydrogen (secondary N) is 1. The fraction of sp³-hybridized carbons (Fsp3) is 0.333. The molecule has 0 aliphatic rings. The molecule has 1 unspecified atom stereocenters. The fourth-order valence-electron chi connectivity index (χ4n) is 3.32. The Kier molecular flexibility index (Phi) is 6.16. The van der Waals surface area contributed by atoms with Gasteiger partial charge in [0.15, 0.2) is 5.13 Å². The van der Waals surface area contributed by atoms with Gasteiger partial charge in [0.2, 0.25) is 0 Å². The van der Waals surface area contributed by atoms with Crippen LogP contribution in [0.2, 0.25) is 0 Å². The first-order chi connectivity index (χ1) is 13.4. The van der Waals surface area contributed by atoms with E-state index >= 15 is 0 Å². The van der Waals surface area contributed by atoms with Gasteiger partial charge in [-0.05, 0) is 51.7 Å². The van der Waals surface area contributed by atoms with Gasteiger partial charge in [-0.3, -0.25) is 9.36 Å². The highest BCUT2D eigenvalue weighted by Gasteiger charge is 2.20. The summed E-state index contributed by atoms with van der Waals surface area (Å²) in [6, 6.07) is 9.93. The van der Waals surface area contributed by atoms with Crippen molar-refractivity contribution < 1.29 is 9.53 Å². The van der Waals surface area contributed by atoms with Gasteiger partial charge in [-0.25, -0.2) is 4.98 Å². The predicted octanol–water partition coefficient (Wildman–Crippen LogP) is 3.59. The molecule has 1 aromatic carbocycles. The van der Waals surface area contributed by atoms with Crippen molar-refractivity contribution in [2.24, 2.45) is 0 Å². The zero-order chi connectivity index (χ0) is 20.3. The Morgan fingerprint density at radius 3 is 2.57 bits per heavy atom. The maximum atomic E-state index is 12.9. The molecule has 28 heavy (non-hydrogen) atoms. The third-order valence-electron chi connectivity index (χ3n) is 4.87. The molecule has 2 aromatic heterocycles. The SMILES string of the molecule is COc1ccc(C(CNC(=O)c2cc(C)n(-c3nccs3)c2C)N(C)C)cc1. The maximum absolute atomic E-state index is 12.9. The number of rotatable bonds is 7. The molecule has 3 aromatic rings. The van der Waals surface area contributed by atoms with E-state index in [9.17, 15) is 4.79 Å². The van der Waals surface area contributed by atoms with Gasteiger partial charge in [0.1, 0.15) is 5.75 Å². The van der Waals surface area contributed by atoms with Gasteiger partial charge >= 0.3 is 0 Å². The van der Waals surface area contributed by atoms with E-state index in [1.807, 2.05) is 68.2 Å². The number of nitrogens with zero attached hydrogens (tertiary/aromatic N) is 3. The van der Waals surface area contributed by atoms with Gasteiger partial charge in [-0.15, -0.1) is 11.3 Å². The highest BCUT2D eigenvalue weighted by atomic mass is 32.1. The summed E-state index contributed by atoms with van der Waals surface area (Å²) in [5.41, 5.74) is 3.70. The van der Waals surface area contributed by atoms with Crippen LogP contribution in [-0.2, 0) is 0 Å². The van der Waals surface area contributed by atoms with Crippen LogP contribution in [0.5, 0.6) is 5.75 Å². The maximum Gasteiger partial charge on any atom is 0.253 e. The average Bonchev–Trinajstić information content (AvgIpc) is 3.29. The number of carbonyl (C=O) groups is 1. The Balaban J connectivity index is 1.76. The van der Waals surface area contributed by atoms with Crippen molar-refractivity contribution in [1.29, 1.82) is 0 Å². The van der Waals surface area contributed by atoms with Crippen molar-refractivity contribution in [2.75, 3.05) is 27.7 Å². The smallest absolute Gasteiger partial charge is 0.253 e. The van der Waals surface area contributed by atoms with Crippen LogP contribution < -0.4 is 10.1 Å². The van der Waals surface area contributed by atoms with Crippen LogP contribution in [0.1, 0.15) is 33.4 Å². The highest BCUT2D eigenvalue weighted by molar-refractivity contribution is 7.12. The molecule has 0 spiro atoms. The number of likely N-dealkylation sites (N-methyl/N-ethyl adjacent to an activating group) is 1. The number of amides is 1. The number of carbonyl (C=O) groups excluding carboxylic acids is 1. The first-order valence-corrected chi connectivity index (χ1v) is 9.97. The van der Waals surface area contributed by atoms with Gasteiger partial charge < -0.3 is 15.0 Å². The molecule has 0 aliphatic heterocycles. The Morgan fingerprint density at radius 2 is 2.00 bits per heavy atom. The Bertz CT molecular complexity index is 930. The summed E-state index contributed by atoms with van der Waals surface area (Å²) in [5.74, 6) is 0.746. The number of ether oxygens (including phenoxy) is 1. The zero-order valence-electron chi connectivity index (χ0n) is 16.9. The lowest BCUT2D eigenvalue weighted by Crippen LogP contribution is -2.34. The largest absolute Gasteiger partial charge is 0.497 e. The molecule has 0 fully saturated rings. The first-order valence-electron chi connectivity index (χ1n) is 9.09. The molecule has 0 aliphatic carbocycles. The monoisotopic (exact) mass is 398 g/mol. The Labute approximate surface area is 169 Å². The first kappa shape index (κ1) is 20.1. The molecule has 0 saturated heterocycles. The van der Waals surface area contributed by atoms with Crippen LogP contribution in [0.3, 0.4) is 0 Å². The summed E-state index contributed by atoms with van der Waals surface area (Å²) in [6.45, 7) is 4.46. The average molecular weight is 399 g/mol. The van der Waals surface area contributed by atoms with Crippen molar-refractivity contribution in [3.8, 4) is 10.9 Å². The molecular weight excluding hydrogens is 372 g/mol. The minimum Gasteiger partial charge on any atom is -0.497 e. The minimum atomic E-state index is -0.0729. The van der Waals surface area contributed by atoms with E-state index in [0.29, 0.717) is 12.1 Å². The second-order valence-electron chi connectivity index (χ2n) is 6.90. The molecule has 0 saturated carbocycles. The zero-order valence-corrected chi connectivity index (χ0v) is 17.7. The van der Waals surface area contributed by atoms with Gasteiger partial charge in [-0.2, -0.15) is 0 Å². The number of aromatic nitrogens is 2. The third-order valence-corrected chi connectivity index (χ3v) is 5.62. The number of benzene rings is 1. The molecule has 1 atom stereocenters. The van der Waals surface area contributed by atoms with E-state index in [4.69, 9.17) is 4.74 Å². The highest BCUT2D eigenvalue weighted by Crippen LogP contribution is 2.23. The molecule has 1 amide bonds. The molecule has 1 N–H and O–H groups in total. The van der Waals surface area contributed by atoms with Crippen LogP contribution >= 0.6 is 11.3 Å². The lowest BCUT2D eigenvalue weighted by atomic mass is 10.1. The van der Waals surface area contributed by atoms with Gasteiger partial charge in [-0.1, -0.05) is 12.1 Å². The van der Waals surface area contributed by atoms with E-state index in [0.717, 1.165) is 27.8 Å². The summed E-state index contributed by atoms with van der Waals surface area (Å²) < 4.78 is 7.25. The summed E-state index contributed by atoms with van der Waals surface area (Å²) in [4.78, 5) is 19.3. The van der Waals surface area contributed by atoms with E-state index in [1.54, 1.807) is 24.6 Å². The predicted molar refractivity (Wildman–Crippen MR) is 113 cm³/mol. The fourth-order valence-corrected chi connectivity index (χ4v) is 4.07. The van der Waals surface area contributed by atoms with E-state index < -0.39 is 0 Å². The number of hydrogen-bond donors (Lipinski definition) is 1. The molecule has 7 heteroatoms. The molecule has 0 radical (unpaired) electrons. The lowest BCUT2D eigenvalue weighted by Gasteiger charge is -2.25. The number of aryl methyl sites for hydroxylation is 1. The van der Waals surface area contributed by atoms with Crippen LogP contribution in [0.15, 0.2) is 41.9 Å². The summed E-state index contributed by atoms with van der Waals surface area (Å²) >= 11 is 1.56. The van der Waals surface area contributed by atoms with Crippen LogP contribution in [-0.4, -0.2) is 48.1 Å². The van der Waals surface area contributed by atoms with Crippen molar-refractivity contribution in [2.45, 2.75) is 19.9 Å². The topological polar surface area (TPSA) is 59.4 Å². The third kappa shape index (κ3) is 4.10. The van der Waals surface area contributed by atoms with Gasteiger partial charge in [0.05, 0.1) is 18.7 Å². The minimum absolute atomic E-state index is 0.0670. The summed E-state index contributed by atoms with van der Waals surface area (Å²) in [7, 11) is 5.67.